The number of ether oxygens (including phenoxy) is 2. The summed E-state index contributed by atoms with van der Waals surface area (Å²) >= 11 is 0. The van der Waals surface area contributed by atoms with E-state index in [-0.39, 0.29) is 0 Å². The minimum absolute atomic E-state index is 0.391. The minimum atomic E-state index is -0.391. The smallest absolute Gasteiger partial charge is 0.343 e. The molecule has 0 saturated carbocycles. The number of unbranched alkanes of at least 4 members (excludes halogenated alkanes) is 11. The molecule has 0 aromatic heterocycles. The Hall–Kier alpha value is -2.49. The summed E-state index contributed by atoms with van der Waals surface area (Å²) in [6, 6.07) is 13.9. The van der Waals surface area contributed by atoms with E-state index in [0.717, 1.165) is 12.2 Å². The number of anilines is 1. The van der Waals surface area contributed by atoms with Crippen molar-refractivity contribution in [3.05, 3.63) is 54.1 Å². The third-order valence-corrected chi connectivity index (χ3v) is 5.45. The van der Waals surface area contributed by atoms with E-state index in [1.54, 1.807) is 36.4 Å². The fraction of sp³-hybridized carbons (Fsp3) is 0.519. The number of benzene rings is 2. The molecule has 0 fully saturated rings. The van der Waals surface area contributed by atoms with Crippen LogP contribution in [0.3, 0.4) is 0 Å². The predicted octanol–water partition coefficient (Wildman–Crippen LogP) is 7.57. The van der Waals surface area contributed by atoms with Gasteiger partial charge < -0.3 is 15.2 Å². The molecule has 0 aliphatic rings. The second-order valence-corrected chi connectivity index (χ2v) is 8.22. The lowest BCUT2D eigenvalue weighted by atomic mass is 10.1. The molecule has 2 aromatic rings. The van der Waals surface area contributed by atoms with Gasteiger partial charge in [-0.1, -0.05) is 77.6 Å². The highest BCUT2D eigenvalue weighted by Crippen LogP contribution is 2.18. The topological polar surface area (TPSA) is 61.5 Å². The fourth-order valence-electron chi connectivity index (χ4n) is 3.52. The van der Waals surface area contributed by atoms with Crippen LogP contribution in [0, 0.1) is 0 Å². The lowest BCUT2D eigenvalue weighted by Crippen LogP contribution is -2.08. The highest BCUT2D eigenvalue weighted by molar-refractivity contribution is 5.91. The molecular formula is C27H39NO3. The zero-order valence-corrected chi connectivity index (χ0v) is 19.1. The summed E-state index contributed by atoms with van der Waals surface area (Å²) in [6.45, 7) is 2.98. The van der Waals surface area contributed by atoms with Gasteiger partial charge >= 0.3 is 5.97 Å². The molecule has 2 aromatic carbocycles. The lowest BCUT2D eigenvalue weighted by Gasteiger charge is -2.08. The van der Waals surface area contributed by atoms with Crippen LogP contribution in [0.15, 0.2) is 48.5 Å². The summed E-state index contributed by atoms with van der Waals surface area (Å²) in [5.74, 6) is 0.871. The van der Waals surface area contributed by atoms with Crippen LogP contribution in [-0.4, -0.2) is 12.6 Å². The Morgan fingerprint density at radius 1 is 0.677 bits per heavy atom. The van der Waals surface area contributed by atoms with Crippen LogP contribution in [0.4, 0.5) is 5.69 Å². The maximum absolute atomic E-state index is 12.2. The first-order chi connectivity index (χ1) is 15.2. The number of hydrogen-bond acceptors (Lipinski definition) is 4. The molecule has 4 nitrogen and oxygen atoms in total. The molecule has 0 atom stereocenters. The molecule has 0 aliphatic heterocycles. The molecule has 0 radical (unpaired) electrons. The Kier molecular flexibility index (Phi) is 12.3. The van der Waals surface area contributed by atoms with Crippen LogP contribution < -0.4 is 15.2 Å². The van der Waals surface area contributed by atoms with E-state index >= 15 is 0 Å². The van der Waals surface area contributed by atoms with E-state index < -0.39 is 5.97 Å². The van der Waals surface area contributed by atoms with Gasteiger partial charge in [0.2, 0.25) is 0 Å². The van der Waals surface area contributed by atoms with E-state index in [2.05, 4.69) is 6.92 Å². The monoisotopic (exact) mass is 425 g/mol. The Balaban J connectivity index is 1.50. The fourth-order valence-corrected chi connectivity index (χ4v) is 3.52. The van der Waals surface area contributed by atoms with Gasteiger partial charge in [-0.15, -0.1) is 0 Å². The number of hydrogen-bond donors (Lipinski definition) is 1. The first kappa shape index (κ1) is 24.8. The van der Waals surface area contributed by atoms with Crippen LogP contribution in [0.5, 0.6) is 11.5 Å². The number of rotatable bonds is 16. The van der Waals surface area contributed by atoms with Crippen LogP contribution in [0.2, 0.25) is 0 Å². The first-order valence-corrected chi connectivity index (χ1v) is 12.0. The van der Waals surface area contributed by atoms with Crippen molar-refractivity contribution in [2.45, 2.75) is 84.0 Å². The normalized spacial score (nSPS) is 10.7. The summed E-state index contributed by atoms with van der Waals surface area (Å²) < 4.78 is 11.1. The Labute approximate surface area is 188 Å². The van der Waals surface area contributed by atoms with Crippen molar-refractivity contribution >= 4 is 11.7 Å². The third kappa shape index (κ3) is 10.9. The van der Waals surface area contributed by atoms with Crippen LogP contribution in [0.1, 0.15) is 94.3 Å². The highest BCUT2D eigenvalue weighted by atomic mass is 16.5. The number of nitrogens with two attached hydrogens (primary N) is 1. The molecule has 4 heteroatoms. The van der Waals surface area contributed by atoms with E-state index in [1.165, 1.54) is 70.6 Å². The molecule has 2 rings (SSSR count). The van der Waals surface area contributed by atoms with Crippen molar-refractivity contribution in [2.24, 2.45) is 0 Å². The molecule has 0 aliphatic carbocycles. The van der Waals surface area contributed by atoms with E-state index in [9.17, 15) is 4.79 Å². The molecule has 0 unspecified atom stereocenters. The highest BCUT2D eigenvalue weighted by Gasteiger charge is 2.08. The van der Waals surface area contributed by atoms with Gasteiger partial charge in [-0.25, -0.2) is 4.79 Å². The van der Waals surface area contributed by atoms with Crippen molar-refractivity contribution < 1.29 is 14.3 Å². The molecule has 31 heavy (non-hydrogen) atoms. The minimum Gasteiger partial charge on any atom is -0.494 e. The van der Waals surface area contributed by atoms with E-state index in [4.69, 9.17) is 15.2 Å². The van der Waals surface area contributed by atoms with Gasteiger partial charge in [-0.05, 0) is 55.0 Å². The van der Waals surface area contributed by atoms with Crippen LogP contribution in [-0.2, 0) is 0 Å². The second-order valence-electron chi connectivity index (χ2n) is 8.22. The zero-order chi connectivity index (χ0) is 22.2. The first-order valence-electron chi connectivity index (χ1n) is 12.0. The van der Waals surface area contributed by atoms with Gasteiger partial charge in [-0.2, -0.15) is 0 Å². The van der Waals surface area contributed by atoms with Gasteiger partial charge in [-0.3, -0.25) is 0 Å². The number of carbonyl (C=O) groups excluding carboxylic acids is 1. The summed E-state index contributed by atoms with van der Waals surface area (Å²) in [4.78, 5) is 12.2. The van der Waals surface area contributed by atoms with E-state index in [1.807, 2.05) is 12.1 Å². The van der Waals surface area contributed by atoms with Gasteiger partial charge in [0.1, 0.15) is 11.5 Å². The molecular weight excluding hydrogens is 386 g/mol. The number of carbonyl (C=O) groups is 1. The molecule has 170 valence electrons. The zero-order valence-electron chi connectivity index (χ0n) is 19.1. The quantitative estimate of drug-likeness (QED) is 0.130. The summed E-state index contributed by atoms with van der Waals surface area (Å²) in [5, 5.41) is 0. The van der Waals surface area contributed by atoms with Crippen molar-refractivity contribution in [3.8, 4) is 11.5 Å². The van der Waals surface area contributed by atoms with Gasteiger partial charge in [0, 0.05) is 5.69 Å². The summed E-state index contributed by atoms with van der Waals surface area (Å²) in [6.07, 6.45) is 16.0. The van der Waals surface area contributed by atoms with E-state index in [0.29, 0.717) is 23.6 Å². The SMILES string of the molecule is CCCCCCCCCCCCCCOc1ccc(C(=O)Oc2ccc(N)cc2)cc1. The molecule has 0 heterocycles. The van der Waals surface area contributed by atoms with Crippen LogP contribution in [0.25, 0.3) is 0 Å². The predicted molar refractivity (Wildman–Crippen MR) is 129 cm³/mol. The van der Waals surface area contributed by atoms with Crippen LogP contribution >= 0.6 is 0 Å². The average molecular weight is 426 g/mol. The lowest BCUT2D eigenvalue weighted by molar-refractivity contribution is 0.0734. The molecule has 0 bridgehead atoms. The average Bonchev–Trinajstić information content (AvgIpc) is 2.79. The molecule has 0 amide bonds. The second kappa shape index (κ2) is 15.3. The van der Waals surface area contributed by atoms with Crippen molar-refractivity contribution in [2.75, 3.05) is 12.3 Å². The molecule has 0 saturated heterocycles. The Morgan fingerprint density at radius 2 is 1.16 bits per heavy atom. The largest absolute Gasteiger partial charge is 0.494 e. The van der Waals surface area contributed by atoms with Crippen molar-refractivity contribution in [3.63, 3.8) is 0 Å². The van der Waals surface area contributed by atoms with Crippen molar-refractivity contribution in [1.29, 1.82) is 0 Å². The van der Waals surface area contributed by atoms with Gasteiger partial charge in [0.15, 0.2) is 0 Å². The summed E-state index contributed by atoms with van der Waals surface area (Å²) in [5.41, 5.74) is 6.77. The summed E-state index contributed by atoms with van der Waals surface area (Å²) in [7, 11) is 0. The van der Waals surface area contributed by atoms with Gasteiger partial charge in [0.25, 0.3) is 0 Å². The van der Waals surface area contributed by atoms with Gasteiger partial charge in [0.05, 0.1) is 12.2 Å². The maximum Gasteiger partial charge on any atom is 0.343 e. The number of nitrogen functional groups attached to an aromatic ring is 1. The molecule has 0 spiro atoms. The number of esters is 1. The third-order valence-electron chi connectivity index (χ3n) is 5.45. The molecule has 2 N–H and O–H groups in total. The Morgan fingerprint density at radius 3 is 1.71 bits per heavy atom. The Bertz CT molecular complexity index is 725. The van der Waals surface area contributed by atoms with Crippen molar-refractivity contribution in [1.82, 2.24) is 0 Å². The maximum atomic E-state index is 12.2. The standard InChI is InChI=1S/C27H39NO3/c1-2-3-4-5-6-7-8-9-10-11-12-13-22-30-25-18-14-23(15-19-25)27(29)31-26-20-16-24(28)17-21-26/h14-21H,2-13,22,28H2,1H3.